The number of nitrogens with one attached hydrogen (secondary N) is 1. The van der Waals surface area contributed by atoms with Gasteiger partial charge in [0.05, 0.1) is 11.9 Å². The lowest BCUT2D eigenvalue weighted by molar-refractivity contribution is 0.280. The Hall–Kier alpha value is -1.44. The summed E-state index contributed by atoms with van der Waals surface area (Å²) in [6, 6.07) is 7.64. The molecule has 7 heteroatoms. The van der Waals surface area contributed by atoms with Crippen molar-refractivity contribution in [2.24, 2.45) is 21.8 Å². The highest BCUT2D eigenvalue weighted by molar-refractivity contribution is 9.10. The van der Waals surface area contributed by atoms with Crippen molar-refractivity contribution in [2.75, 3.05) is 5.43 Å². The molecule has 0 saturated heterocycles. The summed E-state index contributed by atoms with van der Waals surface area (Å²) in [5.74, 6) is 5.46. The highest BCUT2D eigenvalue weighted by Gasteiger charge is 2.20. The Balaban J connectivity index is 2.07. The van der Waals surface area contributed by atoms with Crippen molar-refractivity contribution < 1.29 is 0 Å². The third-order valence-electron chi connectivity index (χ3n) is 2.05. The van der Waals surface area contributed by atoms with E-state index in [4.69, 9.17) is 11.6 Å². The monoisotopic (exact) mass is 282 g/mol. The van der Waals surface area contributed by atoms with E-state index in [2.05, 4.69) is 31.6 Å². The van der Waals surface area contributed by atoms with E-state index in [-0.39, 0.29) is 0 Å². The first-order valence-electron chi connectivity index (χ1n) is 4.59. The molecular formula is C9H11BrN6. The van der Waals surface area contributed by atoms with Gasteiger partial charge in [0, 0.05) is 4.47 Å². The Morgan fingerprint density at radius 2 is 2.31 bits per heavy atom. The van der Waals surface area contributed by atoms with Crippen molar-refractivity contribution in [3.05, 3.63) is 28.7 Å². The smallest absolute Gasteiger partial charge is 0.157 e. The summed E-state index contributed by atoms with van der Waals surface area (Å²) in [7, 11) is 0. The first kappa shape index (κ1) is 11.1. The molecule has 0 spiro atoms. The van der Waals surface area contributed by atoms with E-state index in [1.165, 1.54) is 6.21 Å². The molecule has 0 saturated carbocycles. The van der Waals surface area contributed by atoms with Gasteiger partial charge in [-0.25, -0.2) is 11.0 Å². The van der Waals surface area contributed by atoms with E-state index in [1.807, 2.05) is 24.3 Å². The van der Waals surface area contributed by atoms with Crippen LogP contribution < -0.4 is 17.0 Å². The lowest BCUT2D eigenvalue weighted by Gasteiger charge is -2.12. The molecule has 1 aliphatic rings. The Kier molecular flexibility index (Phi) is 3.18. The van der Waals surface area contributed by atoms with Gasteiger partial charge in [-0.3, -0.25) is 5.43 Å². The molecule has 0 aliphatic carbocycles. The van der Waals surface area contributed by atoms with Crippen molar-refractivity contribution in [1.29, 1.82) is 0 Å². The van der Waals surface area contributed by atoms with Gasteiger partial charge < -0.3 is 5.73 Å². The molecule has 2 rings (SSSR count). The molecule has 0 aromatic heterocycles. The molecule has 0 amide bonds. The lowest BCUT2D eigenvalue weighted by atomic mass is 10.3. The van der Waals surface area contributed by atoms with E-state index in [9.17, 15) is 0 Å². The number of hydrazone groups is 2. The van der Waals surface area contributed by atoms with Gasteiger partial charge in [-0.1, -0.05) is 22.0 Å². The zero-order chi connectivity index (χ0) is 11.5. The summed E-state index contributed by atoms with van der Waals surface area (Å²) in [6.45, 7) is 0. The standard InChI is InChI=1S/C9H11BrN6/c10-6-2-1-3-7(4-6)14-15-8-5-13-16(12)9(8)11/h1-5,9,14H,11-12H2. The Morgan fingerprint density at radius 1 is 1.50 bits per heavy atom. The number of benzene rings is 1. The molecule has 0 bridgehead atoms. The highest BCUT2D eigenvalue weighted by atomic mass is 79.9. The molecule has 1 atom stereocenters. The van der Waals surface area contributed by atoms with Crippen LogP contribution in [0.25, 0.3) is 0 Å². The van der Waals surface area contributed by atoms with Gasteiger partial charge in [0.2, 0.25) is 0 Å². The molecule has 0 radical (unpaired) electrons. The van der Waals surface area contributed by atoms with Crippen LogP contribution in [0.2, 0.25) is 0 Å². The van der Waals surface area contributed by atoms with E-state index in [1.54, 1.807) is 0 Å². The Labute approximate surface area is 101 Å². The molecule has 5 N–H and O–H groups in total. The fourth-order valence-electron chi connectivity index (χ4n) is 1.19. The lowest BCUT2D eigenvalue weighted by Crippen LogP contribution is -2.44. The molecule has 1 aromatic carbocycles. The third-order valence-corrected chi connectivity index (χ3v) is 2.54. The van der Waals surface area contributed by atoms with Crippen molar-refractivity contribution in [1.82, 2.24) is 5.12 Å². The first-order chi connectivity index (χ1) is 7.66. The Morgan fingerprint density at radius 3 is 2.94 bits per heavy atom. The topological polar surface area (TPSA) is 92.0 Å². The predicted molar refractivity (Wildman–Crippen MR) is 67.7 cm³/mol. The summed E-state index contributed by atoms with van der Waals surface area (Å²) < 4.78 is 0.975. The number of nitrogens with two attached hydrogens (primary N) is 2. The van der Waals surface area contributed by atoms with Crippen LogP contribution in [0, 0.1) is 0 Å². The molecule has 1 unspecified atom stereocenters. The first-order valence-corrected chi connectivity index (χ1v) is 5.39. The van der Waals surface area contributed by atoms with Crippen LogP contribution in [0.1, 0.15) is 0 Å². The second kappa shape index (κ2) is 4.60. The fourth-order valence-corrected chi connectivity index (χ4v) is 1.59. The molecule has 1 heterocycles. The van der Waals surface area contributed by atoms with Gasteiger partial charge in [0.15, 0.2) is 6.17 Å². The van der Waals surface area contributed by atoms with E-state index < -0.39 is 6.17 Å². The molecule has 1 aliphatic heterocycles. The molecule has 0 fully saturated rings. The second-order valence-corrected chi connectivity index (χ2v) is 4.14. The molecule has 6 nitrogen and oxygen atoms in total. The van der Waals surface area contributed by atoms with Crippen LogP contribution in [-0.4, -0.2) is 23.2 Å². The maximum atomic E-state index is 5.71. The van der Waals surface area contributed by atoms with Gasteiger partial charge >= 0.3 is 0 Å². The zero-order valence-electron chi connectivity index (χ0n) is 8.34. The second-order valence-electron chi connectivity index (χ2n) is 3.23. The van der Waals surface area contributed by atoms with Crippen LogP contribution in [-0.2, 0) is 0 Å². The quantitative estimate of drug-likeness (QED) is 0.549. The number of anilines is 1. The van der Waals surface area contributed by atoms with Gasteiger partial charge in [0.1, 0.15) is 5.71 Å². The van der Waals surface area contributed by atoms with Gasteiger partial charge in [-0.2, -0.15) is 10.2 Å². The number of nitrogens with zero attached hydrogens (tertiary/aromatic N) is 3. The molecular weight excluding hydrogens is 272 g/mol. The van der Waals surface area contributed by atoms with E-state index in [0.29, 0.717) is 5.71 Å². The summed E-state index contributed by atoms with van der Waals surface area (Å²) in [5.41, 5.74) is 10.0. The summed E-state index contributed by atoms with van der Waals surface area (Å²) in [6.07, 6.45) is 1.02. The minimum atomic E-state index is -0.500. The number of hydrogen-bond acceptors (Lipinski definition) is 6. The van der Waals surface area contributed by atoms with Gasteiger partial charge in [-0.05, 0) is 18.2 Å². The minimum absolute atomic E-state index is 0.500. The van der Waals surface area contributed by atoms with Gasteiger partial charge in [-0.15, -0.1) is 0 Å². The zero-order valence-corrected chi connectivity index (χ0v) is 9.92. The third kappa shape index (κ3) is 2.38. The molecule has 16 heavy (non-hydrogen) atoms. The summed E-state index contributed by atoms with van der Waals surface area (Å²) in [5, 5.41) is 9.08. The SMILES string of the molecule is NC1C(=NNc2cccc(Br)c2)C=NN1N. The molecule has 84 valence electrons. The molecule has 1 aromatic rings. The van der Waals surface area contributed by atoms with Gasteiger partial charge in [0.25, 0.3) is 0 Å². The Bertz CT molecular complexity index is 443. The number of hydrogen-bond donors (Lipinski definition) is 3. The highest BCUT2D eigenvalue weighted by Crippen LogP contribution is 2.15. The summed E-state index contributed by atoms with van der Waals surface area (Å²) >= 11 is 3.37. The van der Waals surface area contributed by atoms with Crippen LogP contribution >= 0.6 is 15.9 Å². The van der Waals surface area contributed by atoms with E-state index >= 15 is 0 Å². The predicted octanol–water partition coefficient (Wildman–Crippen LogP) is 0.677. The average Bonchev–Trinajstić information content (AvgIpc) is 2.57. The fraction of sp³-hybridized carbons (Fsp3) is 0.111. The van der Waals surface area contributed by atoms with Crippen LogP contribution in [0.4, 0.5) is 5.69 Å². The van der Waals surface area contributed by atoms with Crippen LogP contribution in [0.5, 0.6) is 0 Å². The maximum absolute atomic E-state index is 5.71. The number of halogens is 1. The average molecular weight is 283 g/mol. The number of hydrazine groups is 1. The minimum Gasteiger partial charge on any atom is -0.303 e. The van der Waals surface area contributed by atoms with Crippen molar-refractivity contribution in [3.63, 3.8) is 0 Å². The van der Waals surface area contributed by atoms with Crippen molar-refractivity contribution in [3.8, 4) is 0 Å². The maximum Gasteiger partial charge on any atom is 0.157 e. The largest absolute Gasteiger partial charge is 0.303 e. The number of rotatable bonds is 2. The van der Waals surface area contributed by atoms with Crippen LogP contribution in [0.3, 0.4) is 0 Å². The normalized spacial score (nSPS) is 21.8. The summed E-state index contributed by atoms with van der Waals surface area (Å²) in [4.78, 5) is 0. The van der Waals surface area contributed by atoms with Crippen molar-refractivity contribution >= 4 is 33.5 Å². The van der Waals surface area contributed by atoms with E-state index in [0.717, 1.165) is 15.3 Å². The van der Waals surface area contributed by atoms with Crippen LogP contribution in [0.15, 0.2) is 38.9 Å². The van der Waals surface area contributed by atoms with Crippen molar-refractivity contribution in [2.45, 2.75) is 6.17 Å².